The van der Waals surface area contributed by atoms with Crippen LogP contribution in [0.1, 0.15) is 0 Å². The van der Waals surface area contributed by atoms with Gasteiger partial charge in [-0.1, -0.05) is 23.2 Å². The molecule has 5 heteroatoms. The standard InChI is InChI=1S/C9H5Cl2IN2/c10-4-1-5-8(11)7(13)3-14-9(5)6(12)2-4/h1-3H,13H2. The van der Waals surface area contributed by atoms with Gasteiger partial charge in [0.1, 0.15) is 0 Å². The van der Waals surface area contributed by atoms with E-state index in [1.54, 1.807) is 12.3 Å². The average molecular weight is 339 g/mol. The Kier molecular flexibility index (Phi) is 2.72. The number of nitrogen functional groups attached to an aromatic ring is 1. The minimum Gasteiger partial charge on any atom is -0.396 e. The SMILES string of the molecule is Nc1cnc2c(I)cc(Cl)cc2c1Cl. The van der Waals surface area contributed by atoms with Crippen LogP contribution in [0.5, 0.6) is 0 Å². The van der Waals surface area contributed by atoms with Crippen molar-refractivity contribution in [2.24, 2.45) is 0 Å². The molecular weight excluding hydrogens is 334 g/mol. The molecule has 2 aromatic rings. The highest BCUT2D eigenvalue weighted by Gasteiger charge is 2.08. The van der Waals surface area contributed by atoms with Crippen LogP contribution in [0, 0.1) is 3.57 Å². The number of pyridine rings is 1. The van der Waals surface area contributed by atoms with Crippen LogP contribution in [0.2, 0.25) is 10.0 Å². The molecule has 2 nitrogen and oxygen atoms in total. The molecule has 0 atom stereocenters. The summed E-state index contributed by atoms with van der Waals surface area (Å²) in [6, 6.07) is 3.61. The molecule has 0 fully saturated rings. The maximum absolute atomic E-state index is 6.04. The van der Waals surface area contributed by atoms with Crippen molar-refractivity contribution in [3.63, 3.8) is 0 Å². The van der Waals surface area contributed by atoms with Gasteiger partial charge in [0, 0.05) is 14.0 Å². The fourth-order valence-corrected chi connectivity index (χ4v) is 2.57. The van der Waals surface area contributed by atoms with Crippen molar-refractivity contribution in [1.82, 2.24) is 4.98 Å². The monoisotopic (exact) mass is 338 g/mol. The largest absolute Gasteiger partial charge is 0.396 e. The molecule has 2 rings (SSSR count). The van der Waals surface area contributed by atoms with E-state index in [2.05, 4.69) is 27.6 Å². The summed E-state index contributed by atoms with van der Waals surface area (Å²) in [6.07, 6.45) is 1.56. The summed E-state index contributed by atoms with van der Waals surface area (Å²) >= 11 is 14.1. The first-order valence-corrected chi connectivity index (χ1v) is 5.62. The van der Waals surface area contributed by atoms with Crippen molar-refractivity contribution in [3.8, 4) is 0 Å². The van der Waals surface area contributed by atoms with Gasteiger partial charge in [0.05, 0.1) is 22.4 Å². The van der Waals surface area contributed by atoms with Crippen LogP contribution < -0.4 is 5.73 Å². The molecule has 0 aliphatic carbocycles. The van der Waals surface area contributed by atoms with Crippen molar-refractivity contribution in [3.05, 3.63) is 31.9 Å². The fourth-order valence-electron chi connectivity index (χ4n) is 1.21. The van der Waals surface area contributed by atoms with Gasteiger partial charge in [0.15, 0.2) is 0 Å². The van der Waals surface area contributed by atoms with E-state index in [4.69, 9.17) is 28.9 Å². The minimum atomic E-state index is 0.470. The van der Waals surface area contributed by atoms with Crippen molar-refractivity contribution in [2.45, 2.75) is 0 Å². The molecular formula is C9H5Cl2IN2. The Morgan fingerprint density at radius 1 is 1.29 bits per heavy atom. The Hall–Kier alpha value is -0.260. The first-order valence-electron chi connectivity index (χ1n) is 3.78. The van der Waals surface area contributed by atoms with Crippen LogP contribution in [0.4, 0.5) is 5.69 Å². The topological polar surface area (TPSA) is 38.9 Å². The first kappa shape index (κ1) is 10.3. The number of fused-ring (bicyclic) bond motifs is 1. The summed E-state index contributed by atoms with van der Waals surface area (Å²) in [6.45, 7) is 0. The third kappa shape index (κ3) is 1.64. The van der Waals surface area contributed by atoms with E-state index in [-0.39, 0.29) is 0 Å². The predicted molar refractivity (Wildman–Crippen MR) is 68.9 cm³/mol. The zero-order valence-electron chi connectivity index (χ0n) is 6.89. The molecule has 1 aromatic heterocycles. The number of halogens is 3. The lowest BCUT2D eigenvalue weighted by atomic mass is 10.2. The summed E-state index contributed by atoms with van der Waals surface area (Å²) in [5, 5.41) is 1.94. The molecule has 2 N–H and O–H groups in total. The number of benzene rings is 1. The van der Waals surface area contributed by atoms with Gasteiger partial charge in [-0.15, -0.1) is 0 Å². The summed E-state index contributed by atoms with van der Waals surface area (Å²) in [5.74, 6) is 0. The fraction of sp³-hybridized carbons (Fsp3) is 0. The van der Waals surface area contributed by atoms with Crippen LogP contribution in [0.25, 0.3) is 10.9 Å². The van der Waals surface area contributed by atoms with Crippen LogP contribution >= 0.6 is 45.8 Å². The van der Waals surface area contributed by atoms with Crippen molar-refractivity contribution >= 4 is 62.4 Å². The first-order chi connectivity index (χ1) is 6.59. The molecule has 0 aliphatic rings. The smallest absolute Gasteiger partial charge is 0.0853 e. The van der Waals surface area contributed by atoms with Gasteiger partial charge in [-0.05, 0) is 34.7 Å². The lowest BCUT2D eigenvalue weighted by Crippen LogP contribution is -1.91. The second kappa shape index (κ2) is 3.72. The Bertz CT molecular complexity index is 514. The molecule has 0 bridgehead atoms. The average Bonchev–Trinajstić information content (AvgIpc) is 2.12. The molecule has 0 radical (unpaired) electrons. The Balaban J connectivity index is 2.95. The van der Waals surface area contributed by atoms with Crippen molar-refractivity contribution in [1.29, 1.82) is 0 Å². The molecule has 0 saturated carbocycles. The molecule has 0 saturated heterocycles. The zero-order valence-corrected chi connectivity index (χ0v) is 10.6. The quantitative estimate of drug-likeness (QED) is 0.743. The summed E-state index contributed by atoms with van der Waals surface area (Å²) in [7, 11) is 0. The lowest BCUT2D eigenvalue weighted by molar-refractivity contribution is 1.40. The predicted octanol–water partition coefficient (Wildman–Crippen LogP) is 3.73. The zero-order chi connectivity index (χ0) is 10.3. The van der Waals surface area contributed by atoms with Gasteiger partial charge in [-0.3, -0.25) is 4.98 Å². The van der Waals surface area contributed by atoms with Gasteiger partial charge in [-0.2, -0.15) is 0 Å². The van der Waals surface area contributed by atoms with Crippen LogP contribution in [-0.4, -0.2) is 4.98 Å². The number of nitrogens with zero attached hydrogens (tertiary/aromatic N) is 1. The molecule has 0 aliphatic heterocycles. The van der Waals surface area contributed by atoms with E-state index >= 15 is 0 Å². The normalized spacial score (nSPS) is 10.8. The number of hydrogen-bond acceptors (Lipinski definition) is 2. The second-order valence-electron chi connectivity index (χ2n) is 2.81. The third-order valence-electron chi connectivity index (χ3n) is 1.85. The lowest BCUT2D eigenvalue weighted by Gasteiger charge is -2.05. The van der Waals surface area contributed by atoms with Crippen molar-refractivity contribution < 1.29 is 0 Å². The highest BCUT2D eigenvalue weighted by Crippen LogP contribution is 2.32. The van der Waals surface area contributed by atoms with Gasteiger partial charge in [0.2, 0.25) is 0 Å². The van der Waals surface area contributed by atoms with Gasteiger partial charge >= 0.3 is 0 Å². The highest BCUT2D eigenvalue weighted by molar-refractivity contribution is 14.1. The van der Waals surface area contributed by atoms with E-state index in [1.165, 1.54) is 0 Å². The Labute approximate surface area is 105 Å². The minimum absolute atomic E-state index is 0.470. The maximum atomic E-state index is 6.04. The van der Waals surface area contributed by atoms with Crippen LogP contribution in [0.3, 0.4) is 0 Å². The van der Waals surface area contributed by atoms with Crippen molar-refractivity contribution in [2.75, 3.05) is 5.73 Å². The molecule has 1 aromatic carbocycles. The molecule has 1 heterocycles. The van der Waals surface area contributed by atoms with Gasteiger partial charge in [0.25, 0.3) is 0 Å². The molecule has 0 unspecified atom stereocenters. The van der Waals surface area contributed by atoms with E-state index in [0.29, 0.717) is 15.7 Å². The number of hydrogen-bond donors (Lipinski definition) is 1. The molecule has 72 valence electrons. The maximum Gasteiger partial charge on any atom is 0.0853 e. The number of anilines is 1. The molecule has 0 spiro atoms. The number of nitrogens with two attached hydrogens (primary N) is 1. The third-order valence-corrected chi connectivity index (χ3v) is 3.31. The molecule has 14 heavy (non-hydrogen) atoms. The Morgan fingerprint density at radius 3 is 2.71 bits per heavy atom. The Morgan fingerprint density at radius 2 is 2.00 bits per heavy atom. The van der Waals surface area contributed by atoms with E-state index in [0.717, 1.165) is 14.5 Å². The second-order valence-corrected chi connectivity index (χ2v) is 4.79. The summed E-state index contributed by atoms with van der Waals surface area (Å²) in [4.78, 5) is 4.21. The van der Waals surface area contributed by atoms with Crippen LogP contribution in [0.15, 0.2) is 18.3 Å². The summed E-state index contributed by atoms with van der Waals surface area (Å²) < 4.78 is 0.965. The number of aromatic nitrogens is 1. The molecule has 0 amide bonds. The summed E-state index contributed by atoms with van der Waals surface area (Å²) in [5.41, 5.74) is 6.94. The van der Waals surface area contributed by atoms with Gasteiger partial charge in [-0.25, -0.2) is 0 Å². The van der Waals surface area contributed by atoms with E-state index < -0.39 is 0 Å². The van der Waals surface area contributed by atoms with Gasteiger partial charge < -0.3 is 5.73 Å². The van der Waals surface area contributed by atoms with Crippen LogP contribution in [-0.2, 0) is 0 Å². The van der Waals surface area contributed by atoms with E-state index in [9.17, 15) is 0 Å². The van der Waals surface area contributed by atoms with E-state index in [1.807, 2.05) is 6.07 Å². The highest BCUT2D eigenvalue weighted by atomic mass is 127. The number of rotatable bonds is 0.